The molecule has 0 aliphatic heterocycles. The number of ether oxygens (including phenoxy) is 1. The number of rotatable bonds is 4. The molecule has 0 aliphatic rings. The largest absolute Gasteiger partial charge is 0.481 e. The van der Waals surface area contributed by atoms with E-state index in [1.54, 1.807) is 30.5 Å². The van der Waals surface area contributed by atoms with Gasteiger partial charge in [-0.2, -0.15) is 0 Å². The maximum Gasteiger partial charge on any atom is 0.307 e. The van der Waals surface area contributed by atoms with E-state index >= 15 is 0 Å². The number of carbonyl (C=O) groups is 1. The van der Waals surface area contributed by atoms with Crippen LogP contribution in [-0.4, -0.2) is 16.1 Å². The molecule has 2 aromatic rings. The van der Waals surface area contributed by atoms with Crippen LogP contribution < -0.4 is 4.74 Å². The summed E-state index contributed by atoms with van der Waals surface area (Å²) in [6.45, 7) is 0. The molecule has 98 valence electrons. The number of hydrogen-bond donors (Lipinski definition) is 1. The molecule has 19 heavy (non-hydrogen) atoms. The van der Waals surface area contributed by atoms with E-state index in [1.165, 1.54) is 0 Å². The van der Waals surface area contributed by atoms with Gasteiger partial charge < -0.3 is 9.84 Å². The molecule has 0 fully saturated rings. The smallest absolute Gasteiger partial charge is 0.307 e. The van der Waals surface area contributed by atoms with Gasteiger partial charge in [0.05, 0.1) is 10.9 Å². The van der Waals surface area contributed by atoms with Gasteiger partial charge in [-0.15, -0.1) is 0 Å². The van der Waals surface area contributed by atoms with E-state index in [2.05, 4.69) is 36.8 Å². The van der Waals surface area contributed by atoms with E-state index < -0.39 is 5.97 Å². The number of pyridine rings is 1. The van der Waals surface area contributed by atoms with E-state index in [1.807, 2.05) is 6.07 Å². The molecule has 0 saturated heterocycles. The quantitative estimate of drug-likeness (QED) is 0.861. The highest BCUT2D eigenvalue weighted by Gasteiger charge is 2.07. The molecule has 1 heterocycles. The number of halogens is 2. The molecule has 0 amide bonds. The zero-order valence-corrected chi connectivity index (χ0v) is 12.8. The third-order valence-electron chi connectivity index (χ3n) is 2.24. The number of nitrogens with zero attached hydrogens (tertiary/aromatic N) is 1. The standard InChI is InChI=1S/C13H9Br2NO3/c14-9-6-11(15)13(16-7-9)19-10-3-1-2-8(4-10)5-12(17)18/h1-4,6-7H,5H2,(H,17,18). The van der Waals surface area contributed by atoms with Crippen molar-refractivity contribution in [1.82, 2.24) is 4.98 Å². The van der Waals surface area contributed by atoms with Crippen molar-refractivity contribution in [3.8, 4) is 11.6 Å². The zero-order valence-electron chi connectivity index (χ0n) is 9.64. The number of hydrogen-bond acceptors (Lipinski definition) is 3. The molecule has 4 nitrogen and oxygen atoms in total. The first-order valence-electron chi connectivity index (χ1n) is 5.34. The Hall–Kier alpha value is -1.40. The summed E-state index contributed by atoms with van der Waals surface area (Å²) in [6, 6.07) is 8.75. The van der Waals surface area contributed by atoms with Crippen molar-refractivity contribution in [3.63, 3.8) is 0 Å². The maximum absolute atomic E-state index is 10.7. The van der Waals surface area contributed by atoms with Crippen molar-refractivity contribution in [2.45, 2.75) is 6.42 Å². The normalized spacial score (nSPS) is 10.2. The maximum atomic E-state index is 10.7. The first-order valence-corrected chi connectivity index (χ1v) is 6.93. The van der Waals surface area contributed by atoms with Gasteiger partial charge in [-0.1, -0.05) is 12.1 Å². The Bertz CT molecular complexity index is 617. The van der Waals surface area contributed by atoms with Crippen molar-refractivity contribution in [1.29, 1.82) is 0 Å². The first-order chi connectivity index (χ1) is 9.04. The van der Waals surface area contributed by atoms with E-state index in [-0.39, 0.29) is 6.42 Å². The summed E-state index contributed by atoms with van der Waals surface area (Å²) in [5.41, 5.74) is 0.679. The van der Waals surface area contributed by atoms with E-state index in [0.29, 0.717) is 21.7 Å². The summed E-state index contributed by atoms with van der Waals surface area (Å²) in [6.07, 6.45) is 1.59. The first kappa shape index (κ1) is 14.0. The fraction of sp³-hybridized carbons (Fsp3) is 0.0769. The van der Waals surface area contributed by atoms with E-state index in [0.717, 1.165) is 4.47 Å². The van der Waals surface area contributed by atoms with Crippen LogP contribution in [0.25, 0.3) is 0 Å². The summed E-state index contributed by atoms with van der Waals surface area (Å²) >= 11 is 6.66. The van der Waals surface area contributed by atoms with Crippen LogP contribution in [0.2, 0.25) is 0 Å². The van der Waals surface area contributed by atoms with Gasteiger partial charge in [-0.05, 0) is 55.6 Å². The average molecular weight is 387 g/mol. The molecule has 1 aromatic heterocycles. The Morgan fingerprint density at radius 1 is 1.32 bits per heavy atom. The summed E-state index contributed by atoms with van der Waals surface area (Å²) in [5.74, 6) is 0.102. The van der Waals surface area contributed by atoms with Gasteiger partial charge in [0.1, 0.15) is 5.75 Å². The predicted octanol–water partition coefficient (Wildman–Crippen LogP) is 4.03. The highest BCUT2D eigenvalue weighted by atomic mass is 79.9. The van der Waals surface area contributed by atoms with Crippen LogP contribution in [0.5, 0.6) is 11.6 Å². The fourth-order valence-electron chi connectivity index (χ4n) is 1.48. The molecule has 1 N–H and O–H groups in total. The Kier molecular flexibility index (Phi) is 4.55. The van der Waals surface area contributed by atoms with Gasteiger partial charge in [0.25, 0.3) is 0 Å². The zero-order chi connectivity index (χ0) is 13.8. The molecule has 0 bridgehead atoms. The van der Waals surface area contributed by atoms with Crippen LogP contribution in [0, 0.1) is 0 Å². The minimum Gasteiger partial charge on any atom is -0.481 e. The van der Waals surface area contributed by atoms with Crippen LogP contribution in [0.4, 0.5) is 0 Å². The molecule has 0 unspecified atom stereocenters. The average Bonchev–Trinajstić information content (AvgIpc) is 2.32. The van der Waals surface area contributed by atoms with Gasteiger partial charge in [0.2, 0.25) is 5.88 Å². The van der Waals surface area contributed by atoms with Crippen LogP contribution in [0.15, 0.2) is 45.5 Å². The molecule has 6 heteroatoms. The van der Waals surface area contributed by atoms with Crippen LogP contribution in [0.3, 0.4) is 0 Å². The molecule has 0 spiro atoms. The van der Waals surface area contributed by atoms with Gasteiger partial charge in [-0.3, -0.25) is 4.79 Å². The number of aliphatic carboxylic acids is 1. The number of benzene rings is 1. The number of aromatic nitrogens is 1. The number of carboxylic acids is 1. The van der Waals surface area contributed by atoms with Crippen molar-refractivity contribution in [2.24, 2.45) is 0 Å². The van der Waals surface area contributed by atoms with Crippen molar-refractivity contribution >= 4 is 37.8 Å². The minimum absolute atomic E-state index is 0.0356. The second kappa shape index (κ2) is 6.16. The van der Waals surface area contributed by atoms with Crippen LogP contribution >= 0.6 is 31.9 Å². The molecule has 2 rings (SSSR count). The van der Waals surface area contributed by atoms with Crippen LogP contribution in [-0.2, 0) is 11.2 Å². The van der Waals surface area contributed by atoms with Gasteiger partial charge in [0.15, 0.2) is 0 Å². The Morgan fingerprint density at radius 2 is 2.11 bits per heavy atom. The number of carboxylic acid groups (broad SMARTS) is 1. The Labute approximate surface area is 126 Å². The lowest BCUT2D eigenvalue weighted by Gasteiger charge is -2.07. The highest BCUT2D eigenvalue weighted by Crippen LogP contribution is 2.29. The van der Waals surface area contributed by atoms with E-state index in [9.17, 15) is 4.79 Å². The van der Waals surface area contributed by atoms with E-state index in [4.69, 9.17) is 9.84 Å². The van der Waals surface area contributed by atoms with Gasteiger partial charge >= 0.3 is 5.97 Å². The van der Waals surface area contributed by atoms with Crippen LogP contribution in [0.1, 0.15) is 5.56 Å². The fourth-order valence-corrected chi connectivity index (χ4v) is 2.55. The summed E-state index contributed by atoms with van der Waals surface area (Å²) in [7, 11) is 0. The predicted molar refractivity (Wildman–Crippen MR) is 77.5 cm³/mol. The lowest BCUT2D eigenvalue weighted by Crippen LogP contribution is -2.00. The summed E-state index contributed by atoms with van der Waals surface area (Å²) in [4.78, 5) is 14.8. The second-order valence-corrected chi connectivity index (χ2v) is 5.53. The molecule has 0 aliphatic carbocycles. The molecule has 0 saturated carbocycles. The summed E-state index contributed by atoms with van der Waals surface area (Å²) in [5, 5.41) is 8.76. The molecular weight excluding hydrogens is 378 g/mol. The van der Waals surface area contributed by atoms with Crippen molar-refractivity contribution in [2.75, 3.05) is 0 Å². The minimum atomic E-state index is -0.875. The Balaban J connectivity index is 2.21. The molecular formula is C13H9Br2NO3. The van der Waals surface area contributed by atoms with Gasteiger partial charge in [0, 0.05) is 10.7 Å². The highest BCUT2D eigenvalue weighted by molar-refractivity contribution is 9.11. The third-order valence-corrected chi connectivity index (χ3v) is 3.24. The van der Waals surface area contributed by atoms with Crippen molar-refractivity contribution in [3.05, 3.63) is 51.0 Å². The molecule has 0 atom stereocenters. The van der Waals surface area contributed by atoms with Crippen molar-refractivity contribution < 1.29 is 14.6 Å². The lowest BCUT2D eigenvalue weighted by molar-refractivity contribution is -0.136. The Morgan fingerprint density at radius 3 is 2.79 bits per heavy atom. The lowest BCUT2D eigenvalue weighted by atomic mass is 10.1. The monoisotopic (exact) mass is 385 g/mol. The topological polar surface area (TPSA) is 59.4 Å². The SMILES string of the molecule is O=C(O)Cc1cccc(Oc2ncc(Br)cc2Br)c1. The molecule has 1 aromatic carbocycles. The second-order valence-electron chi connectivity index (χ2n) is 3.76. The van der Waals surface area contributed by atoms with Gasteiger partial charge in [-0.25, -0.2) is 4.98 Å². The molecule has 0 radical (unpaired) electrons. The summed E-state index contributed by atoms with van der Waals surface area (Å²) < 4.78 is 7.17. The third kappa shape index (κ3) is 4.04.